The topological polar surface area (TPSA) is 105 Å². The number of anilines is 3. The van der Waals surface area contributed by atoms with Gasteiger partial charge in [0, 0.05) is 38.1 Å². The molecule has 5 rings (SSSR count). The first-order valence-electron chi connectivity index (χ1n) is 11.2. The summed E-state index contributed by atoms with van der Waals surface area (Å²) in [6, 6.07) is 7.93. The van der Waals surface area contributed by atoms with E-state index in [1.54, 1.807) is 24.3 Å². The zero-order valence-electron chi connectivity index (χ0n) is 19.1. The lowest BCUT2D eigenvalue weighted by Crippen LogP contribution is -2.45. The van der Waals surface area contributed by atoms with E-state index in [0.717, 1.165) is 13.1 Å². The molecule has 1 aromatic heterocycles. The number of aromatic nitrogens is 1. The number of benzene rings is 2. The first-order chi connectivity index (χ1) is 16.3. The van der Waals surface area contributed by atoms with Gasteiger partial charge in [-0.1, -0.05) is 6.07 Å². The standard InChI is InChI=1S/C24H27FN6O3/c1-14-13-34-23-20-17(11-19(25)21(23)30-8-6-29(2)7-9-30)22(32)18(12-31(14)20)24(33)28-27-16-5-3-4-15(26)10-16/h3-5,10-12,14,27H,6-9,13,26H2,1-2H3,(H,28,33)/t14-/m0/s1. The number of nitrogens with two attached hydrogens (primary N) is 1. The Hall–Kier alpha value is -3.79. The molecule has 1 amide bonds. The van der Waals surface area contributed by atoms with Gasteiger partial charge < -0.3 is 24.8 Å². The van der Waals surface area contributed by atoms with Gasteiger partial charge in [-0.05, 0) is 38.2 Å². The van der Waals surface area contributed by atoms with Crippen molar-refractivity contribution in [3.8, 4) is 5.75 Å². The molecule has 0 spiro atoms. The van der Waals surface area contributed by atoms with E-state index in [9.17, 15) is 9.59 Å². The second-order valence-corrected chi connectivity index (χ2v) is 8.87. The van der Waals surface area contributed by atoms with Crippen LogP contribution in [0.25, 0.3) is 10.9 Å². The van der Waals surface area contributed by atoms with Crippen molar-refractivity contribution in [2.24, 2.45) is 0 Å². The van der Waals surface area contributed by atoms with E-state index >= 15 is 4.39 Å². The second-order valence-electron chi connectivity index (χ2n) is 8.87. The Morgan fingerprint density at radius 1 is 1.21 bits per heavy atom. The number of hydrazine groups is 1. The van der Waals surface area contributed by atoms with Gasteiger partial charge in [-0.15, -0.1) is 0 Å². The number of hydrogen-bond donors (Lipinski definition) is 3. The average Bonchev–Trinajstić information content (AvgIpc) is 2.82. The average molecular weight is 467 g/mol. The van der Waals surface area contributed by atoms with Crippen molar-refractivity contribution in [1.82, 2.24) is 14.9 Å². The van der Waals surface area contributed by atoms with E-state index in [-0.39, 0.29) is 17.0 Å². The van der Waals surface area contributed by atoms with Crippen molar-refractivity contribution in [3.05, 3.63) is 58.1 Å². The molecule has 2 aromatic carbocycles. The van der Waals surface area contributed by atoms with Gasteiger partial charge in [0.1, 0.15) is 17.9 Å². The van der Waals surface area contributed by atoms with Crippen LogP contribution in [0.1, 0.15) is 23.3 Å². The van der Waals surface area contributed by atoms with Crippen LogP contribution in [-0.2, 0) is 0 Å². The second kappa shape index (κ2) is 8.53. The van der Waals surface area contributed by atoms with Gasteiger partial charge in [0.25, 0.3) is 5.91 Å². The van der Waals surface area contributed by atoms with Crippen molar-refractivity contribution in [1.29, 1.82) is 0 Å². The molecule has 0 saturated carbocycles. The van der Waals surface area contributed by atoms with Crippen molar-refractivity contribution in [2.45, 2.75) is 13.0 Å². The fraction of sp³-hybridized carbons (Fsp3) is 0.333. The number of amides is 1. The molecule has 1 saturated heterocycles. The largest absolute Gasteiger partial charge is 0.487 e. The highest BCUT2D eigenvalue weighted by Gasteiger charge is 2.31. The maximum Gasteiger partial charge on any atom is 0.275 e. The van der Waals surface area contributed by atoms with Crippen LogP contribution in [0.4, 0.5) is 21.5 Å². The monoisotopic (exact) mass is 466 g/mol. The highest BCUT2D eigenvalue weighted by atomic mass is 19.1. The lowest BCUT2D eigenvalue weighted by Gasteiger charge is -2.37. The van der Waals surface area contributed by atoms with Crippen LogP contribution in [0.3, 0.4) is 0 Å². The third-order valence-electron chi connectivity index (χ3n) is 6.41. The molecule has 4 N–H and O–H groups in total. The van der Waals surface area contributed by atoms with E-state index in [4.69, 9.17) is 10.5 Å². The van der Waals surface area contributed by atoms with Crippen LogP contribution in [0.5, 0.6) is 5.75 Å². The molecule has 2 aliphatic rings. The van der Waals surface area contributed by atoms with E-state index in [1.165, 1.54) is 12.3 Å². The molecule has 34 heavy (non-hydrogen) atoms. The predicted octanol–water partition coefficient (Wildman–Crippen LogP) is 2.18. The zero-order valence-corrected chi connectivity index (χ0v) is 19.1. The Balaban J connectivity index is 1.56. The lowest BCUT2D eigenvalue weighted by atomic mass is 10.0. The number of rotatable bonds is 4. The molecule has 3 aromatic rings. The smallest absolute Gasteiger partial charge is 0.275 e. The fourth-order valence-corrected chi connectivity index (χ4v) is 4.51. The lowest BCUT2D eigenvalue weighted by molar-refractivity contribution is 0.0960. The summed E-state index contributed by atoms with van der Waals surface area (Å²) < 4.78 is 23.2. The summed E-state index contributed by atoms with van der Waals surface area (Å²) in [5, 5.41) is 0.119. The van der Waals surface area contributed by atoms with Crippen LogP contribution in [0.2, 0.25) is 0 Å². The van der Waals surface area contributed by atoms with Gasteiger partial charge in [0.2, 0.25) is 5.43 Å². The van der Waals surface area contributed by atoms with Crippen LogP contribution < -0.4 is 31.7 Å². The number of nitrogens with one attached hydrogen (secondary N) is 2. The molecule has 1 fully saturated rings. The number of pyridine rings is 1. The molecule has 0 aliphatic carbocycles. The Morgan fingerprint density at radius 3 is 2.71 bits per heavy atom. The minimum atomic E-state index is -0.623. The summed E-state index contributed by atoms with van der Waals surface area (Å²) in [5.74, 6) is -0.790. The van der Waals surface area contributed by atoms with E-state index < -0.39 is 17.2 Å². The first-order valence-corrected chi connectivity index (χ1v) is 11.2. The van der Waals surface area contributed by atoms with Crippen LogP contribution in [0, 0.1) is 5.82 Å². The third-order valence-corrected chi connectivity index (χ3v) is 6.41. The maximum atomic E-state index is 15.4. The van der Waals surface area contributed by atoms with Crippen LogP contribution in [-0.4, -0.2) is 55.2 Å². The van der Waals surface area contributed by atoms with Gasteiger partial charge in [-0.25, -0.2) is 4.39 Å². The summed E-state index contributed by atoms with van der Waals surface area (Å²) in [7, 11) is 2.03. The summed E-state index contributed by atoms with van der Waals surface area (Å²) in [6.45, 7) is 5.16. The Morgan fingerprint density at radius 2 is 1.97 bits per heavy atom. The molecular weight excluding hydrogens is 439 g/mol. The van der Waals surface area contributed by atoms with Crippen LogP contribution in [0.15, 0.2) is 41.3 Å². The van der Waals surface area contributed by atoms with E-state index in [1.807, 2.05) is 23.4 Å². The molecule has 9 nitrogen and oxygen atoms in total. The highest BCUT2D eigenvalue weighted by Crippen LogP contribution is 2.42. The molecule has 178 valence electrons. The predicted molar refractivity (Wildman–Crippen MR) is 130 cm³/mol. The SMILES string of the molecule is C[C@H]1COc2c(N3CCN(C)CC3)c(F)cc3c(=O)c(C(=O)NNc4cccc(N)c4)cn1c23. The number of likely N-dealkylation sites (N-methyl/N-ethyl adjacent to an activating group) is 1. The van der Waals surface area contributed by atoms with Gasteiger partial charge in [0.05, 0.1) is 22.6 Å². The Labute approximate surface area is 195 Å². The molecule has 10 heteroatoms. The minimum absolute atomic E-state index is 0.0876. The summed E-state index contributed by atoms with van der Waals surface area (Å²) in [4.78, 5) is 30.4. The summed E-state index contributed by atoms with van der Waals surface area (Å²) in [6.07, 6.45) is 1.53. The number of nitrogens with zero attached hydrogens (tertiary/aromatic N) is 3. The maximum absolute atomic E-state index is 15.4. The summed E-state index contributed by atoms with van der Waals surface area (Å²) in [5.41, 5.74) is 12.4. The Bertz CT molecular complexity index is 1330. The van der Waals surface area contributed by atoms with E-state index in [2.05, 4.69) is 15.8 Å². The van der Waals surface area contributed by atoms with Gasteiger partial charge in [-0.3, -0.25) is 20.4 Å². The molecular formula is C24H27FN6O3. The molecule has 0 bridgehead atoms. The minimum Gasteiger partial charge on any atom is -0.487 e. The Kier molecular flexibility index (Phi) is 5.52. The number of ether oxygens (including phenoxy) is 1. The van der Waals surface area contributed by atoms with E-state index in [0.29, 0.717) is 48.0 Å². The van der Waals surface area contributed by atoms with Crippen molar-refractivity contribution in [3.63, 3.8) is 0 Å². The summed E-state index contributed by atoms with van der Waals surface area (Å²) >= 11 is 0. The highest BCUT2D eigenvalue weighted by molar-refractivity contribution is 6.00. The van der Waals surface area contributed by atoms with Crippen molar-refractivity contribution >= 4 is 33.9 Å². The van der Waals surface area contributed by atoms with Gasteiger partial charge >= 0.3 is 0 Å². The number of carbonyl (C=O) groups is 1. The molecule has 0 unspecified atom stereocenters. The van der Waals surface area contributed by atoms with Gasteiger partial charge in [-0.2, -0.15) is 0 Å². The van der Waals surface area contributed by atoms with Crippen LogP contribution >= 0.6 is 0 Å². The number of hydrogen-bond acceptors (Lipinski definition) is 7. The fourth-order valence-electron chi connectivity index (χ4n) is 4.51. The molecule has 1 atom stereocenters. The molecule has 2 aliphatic heterocycles. The number of piperazine rings is 1. The van der Waals surface area contributed by atoms with Gasteiger partial charge in [0.15, 0.2) is 11.6 Å². The first kappa shape index (κ1) is 22.0. The van der Waals surface area contributed by atoms with Crippen molar-refractivity contribution in [2.75, 3.05) is 55.9 Å². The van der Waals surface area contributed by atoms with Crippen molar-refractivity contribution < 1.29 is 13.9 Å². The zero-order chi connectivity index (χ0) is 24.0. The number of halogens is 1. The molecule has 3 heterocycles. The quantitative estimate of drug-likeness (QED) is 0.400. The normalized spacial score (nSPS) is 18.0. The third kappa shape index (κ3) is 3.79. The number of nitrogen functional groups attached to an aromatic ring is 1. The number of carbonyl (C=O) groups excluding carboxylic acids is 1. The molecule has 0 radical (unpaired) electrons.